The van der Waals surface area contributed by atoms with Gasteiger partial charge in [0.15, 0.2) is 0 Å². The Morgan fingerprint density at radius 1 is 1.23 bits per heavy atom. The Morgan fingerprint density at radius 2 is 2.08 bits per heavy atom. The van der Waals surface area contributed by atoms with Gasteiger partial charge in [0, 0.05) is 32.0 Å². The van der Waals surface area contributed by atoms with Crippen LogP contribution in [0.15, 0.2) is 48.8 Å². The maximum absolute atomic E-state index is 14.5. The number of pyridine rings is 1. The first-order valence-electron chi connectivity index (χ1n) is 8.95. The van der Waals surface area contributed by atoms with Gasteiger partial charge in [-0.15, -0.1) is 0 Å². The minimum absolute atomic E-state index is 0.0578. The summed E-state index contributed by atoms with van der Waals surface area (Å²) in [4.78, 5) is 20.9. The zero-order chi connectivity index (χ0) is 18.1. The SMILES string of the molecule is COCCN1C(=O)N(c2ccccc2F)[C@@H]2[C@H](c3cccnc3)CC[C@@H]21. The standard InChI is InChI=1S/C20H22FN3O2/c1-26-12-11-23-18-9-8-15(14-5-4-10-22-13-14)19(18)24(20(23)25)17-7-3-2-6-16(17)21/h2-7,10,13,15,18-19H,8-9,11-12H2,1H3/t15-,18-,19+/m0/s1. The molecule has 0 unspecified atom stereocenters. The maximum atomic E-state index is 14.5. The van der Waals surface area contributed by atoms with Gasteiger partial charge in [-0.1, -0.05) is 18.2 Å². The fourth-order valence-corrected chi connectivity index (χ4v) is 4.38. The molecule has 26 heavy (non-hydrogen) atoms. The number of ether oxygens (including phenoxy) is 1. The number of fused-ring (bicyclic) bond motifs is 1. The first-order chi connectivity index (χ1) is 12.7. The summed E-state index contributed by atoms with van der Waals surface area (Å²) < 4.78 is 19.7. The van der Waals surface area contributed by atoms with Gasteiger partial charge in [0.05, 0.1) is 24.4 Å². The number of nitrogens with zero attached hydrogens (tertiary/aromatic N) is 3. The molecule has 1 saturated carbocycles. The second-order valence-electron chi connectivity index (χ2n) is 6.82. The van der Waals surface area contributed by atoms with Crippen LogP contribution >= 0.6 is 0 Å². The lowest BCUT2D eigenvalue weighted by Gasteiger charge is -2.28. The summed E-state index contributed by atoms with van der Waals surface area (Å²) in [5, 5.41) is 0. The molecule has 6 heteroatoms. The molecule has 0 bridgehead atoms. The van der Waals surface area contributed by atoms with Gasteiger partial charge in [-0.25, -0.2) is 9.18 Å². The second-order valence-corrected chi connectivity index (χ2v) is 6.82. The molecule has 1 aliphatic heterocycles. The van der Waals surface area contributed by atoms with Gasteiger partial charge in [-0.2, -0.15) is 0 Å². The molecule has 4 rings (SSSR count). The molecule has 136 valence electrons. The molecular formula is C20H22FN3O2. The molecule has 0 spiro atoms. The highest BCUT2D eigenvalue weighted by atomic mass is 19.1. The van der Waals surface area contributed by atoms with Gasteiger partial charge in [-0.3, -0.25) is 9.88 Å². The average Bonchev–Trinajstić information content (AvgIpc) is 3.19. The molecular weight excluding hydrogens is 333 g/mol. The minimum atomic E-state index is -0.370. The van der Waals surface area contributed by atoms with Crippen molar-refractivity contribution in [3.05, 3.63) is 60.2 Å². The number of halogens is 1. The van der Waals surface area contributed by atoms with Crippen LogP contribution in [0.3, 0.4) is 0 Å². The number of anilines is 1. The van der Waals surface area contributed by atoms with Crippen LogP contribution in [0, 0.1) is 5.82 Å². The second kappa shape index (κ2) is 7.03. The van der Waals surface area contributed by atoms with E-state index in [2.05, 4.69) is 4.98 Å². The molecule has 2 aromatic rings. The van der Waals surface area contributed by atoms with Crippen LogP contribution < -0.4 is 4.90 Å². The number of amides is 2. The van der Waals surface area contributed by atoms with Crippen molar-refractivity contribution in [2.24, 2.45) is 0 Å². The van der Waals surface area contributed by atoms with Gasteiger partial charge in [0.2, 0.25) is 0 Å². The van der Waals surface area contributed by atoms with Crippen LogP contribution in [0.4, 0.5) is 14.9 Å². The highest BCUT2D eigenvalue weighted by Gasteiger charge is 2.53. The predicted octanol–water partition coefficient (Wildman–Crippen LogP) is 3.42. The molecule has 2 amide bonds. The quantitative estimate of drug-likeness (QED) is 0.826. The van der Waals surface area contributed by atoms with Crippen LogP contribution in [-0.4, -0.2) is 48.3 Å². The number of hydrogen-bond acceptors (Lipinski definition) is 3. The number of aromatic nitrogens is 1. The molecule has 2 fully saturated rings. The van der Waals surface area contributed by atoms with Crippen LogP contribution in [0.2, 0.25) is 0 Å². The van der Waals surface area contributed by atoms with E-state index in [9.17, 15) is 9.18 Å². The van der Waals surface area contributed by atoms with E-state index in [0.29, 0.717) is 18.8 Å². The summed E-state index contributed by atoms with van der Waals surface area (Å²) in [7, 11) is 1.62. The van der Waals surface area contributed by atoms with E-state index >= 15 is 0 Å². The van der Waals surface area contributed by atoms with Crippen LogP contribution in [-0.2, 0) is 4.74 Å². The Bertz CT molecular complexity index is 786. The van der Waals surface area contributed by atoms with Crippen molar-refractivity contribution in [1.29, 1.82) is 0 Å². The summed E-state index contributed by atoms with van der Waals surface area (Å²) in [6, 6.07) is 10.3. The lowest BCUT2D eigenvalue weighted by molar-refractivity contribution is 0.146. The maximum Gasteiger partial charge on any atom is 0.325 e. The summed E-state index contributed by atoms with van der Waals surface area (Å²) in [5.41, 5.74) is 1.45. The Balaban J connectivity index is 1.75. The van der Waals surface area contributed by atoms with Gasteiger partial charge in [0.1, 0.15) is 5.82 Å². The number of methoxy groups -OCH3 is 1. The van der Waals surface area contributed by atoms with E-state index in [1.54, 1.807) is 36.4 Å². The normalized spacial score (nSPS) is 25.0. The highest BCUT2D eigenvalue weighted by Crippen LogP contribution is 2.46. The summed E-state index contributed by atoms with van der Waals surface area (Å²) in [5.74, 6) is -0.227. The minimum Gasteiger partial charge on any atom is -0.383 e. The Labute approximate surface area is 152 Å². The molecule has 0 N–H and O–H groups in total. The Hall–Kier alpha value is -2.47. The van der Waals surface area contributed by atoms with Crippen molar-refractivity contribution in [1.82, 2.24) is 9.88 Å². The summed E-state index contributed by atoms with van der Waals surface area (Å²) in [6.07, 6.45) is 5.44. The zero-order valence-electron chi connectivity index (χ0n) is 14.7. The van der Waals surface area contributed by atoms with Crippen LogP contribution in [0.5, 0.6) is 0 Å². The van der Waals surface area contributed by atoms with Gasteiger partial charge < -0.3 is 9.64 Å². The number of carbonyl (C=O) groups is 1. The molecule has 5 nitrogen and oxygen atoms in total. The molecule has 1 saturated heterocycles. The third-order valence-electron chi connectivity index (χ3n) is 5.49. The van der Waals surface area contributed by atoms with Crippen molar-refractivity contribution in [2.75, 3.05) is 25.2 Å². The number of carbonyl (C=O) groups excluding carboxylic acids is 1. The van der Waals surface area contributed by atoms with Gasteiger partial charge >= 0.3 is 6.03 Å². The summed E-state index contributed by atoms with van der Waals surface area (Å²) in [6.45, 7) is 0.985. The Kier molecular flexibility index (Phi) is 4.59. The predicted molar refractivity (Wildman–Crippen MR) is 96.6 cm³/mol. The number of benzene rings is 1. The van der Waals surface area contributed by atoms with Crippen molar-refractivity contribution in [3.63, 3.8) is 0 Å². The topological polar surface area (TPSA) is 45.7 Å². The van der Waals surface area contributed by atoms with Crippen LogP contribution in [0.25, 0.3) is 0 Å². The van der Waals surface area contributed by atoms with Crippen LogP contribution in [0.1, 0.15) is 24.3 Å². The van der Waals surface area contributed by atoms with E-state index in [4.69, 9.17) is 4.74 Å². The highest BCUT2D eigenvalue weighted by molar-refractivity contribution is 5.96. The molecule has 2 heterocycles. The Morgan fingerprint density at radius 3 is 2.81 bits per heavy atom. The molecule has 3 atom stereocenters. The summed E-state index contributed by atoms with van der Waals surface area (Å²) >= 11 is 0. The average molecular weight is 355 g/mol. The molecule has 1 aromatic carbocycles. The monoisotopic (exact) mass is 355 g/mol. The largest absolute Gasteiger partial charge is 0.383 e. The molecule has 0 radical (unpaired) electrons. The third-order valence-corrected chi connectivity index (χ3v) is 5.49. The first kappa shape index (κ1) is 17.0. The number of rotatable bonds is 5. The molecule has 1 aliphatic carbocycles. The van der Waals surface area contributed by atoms with Gasteiger partial charge in [0.25, 0.3) is 0 Å². The van der Waals surface area contributed by atoms with E-state index in [1.165, 1.54) is 6.07 Å². The number of para-hydroxylation sites is 1. The van der Waals surface area contributed by atoms with E-state index in [0.717, 1.165) is 18.4 Å². The zero-order valence-corrected chi connectivity index (χ0v) is 14.7. The van der Waals surface area contributed by atoms with E-state index < -0.39 is 0 Å². The lowest BCUT2D eigenvalue weighted by atomic mass is 9.93. The lowest BCUT2D eigenvalue weighted by Crippen LogP contribution is -2.38. The molecule has 2 aliphatic rings. The third kappa shape index (κ3) is 2.74. The fraction of sp³-hybridized carbons (Fsp3) is 0.400. The van der Waals surface area contributed by atoms with Gasteiger partial charge in [-0.05, 0) is 36.6 Å². The smallest absolute Gasteiger partial charge is 0.325 e. The fourth-order valence-electron chi connectivity index (χ4n) is 4.38. The molecule has 1 aromatic heterocycles. The van der Waals surface area contributed by atoms with Crippen molar-refractivity contribution in [2.45, 2.75) is 30.8 Å². The van der Waals surface area contributed by atoms with Crippen molar-refractivity contribution >= 4 is 11.7 Å². The van der Waals surface area contributed by atoms with Crippen molar-refractivity contribution in [3.8, 4) is 0 Å². The number of urea groups is 1. The van der Waals surface area contributed by atoms with Crippen molar-refractivity contribution < 1.29 is 13.9 Å². The number of hydrogen-bond donors (Lipinski definition) is 0. The van der Waals surface area contributed by atoms with E-state index in [-0.39, 0.29) is 29.8 Å². The van der Waals surface area contributed by atoms with E-state index in [1.807, 2.05) is 23.2 Å². The first-order valence-corrected chi connectivity index (χ1v) is 8.95.